The number of aryl methyl sites for hydroxylation is 1. The lowest BCUT2D eigenvalue weighted by Gasteiger charge is -2.40. The Hall–Kier alpha value is -2.04. The smallest absolute Gasteiger partial charge is 0.410 e. The lowest BCUT2D eigenvalue weighted by atomic mass is 9.91. The van der Waals surface area contributed by atoms with Gasteiger partial charge in [-0.05, 0) is 32.4 Å². The summed E-state index contributed by atoms with van der Waals surface area (Å²) in [4.78, 5) is 13.7. The van der Waals surface area contributed by atoms with Crippen LogP contribution >= 0.6 is 0 Å². The maximum atomic E-state index is 11.9. The molecule has 0 unspecified atom stereocenters. The van der Waals surface area contributed by atoms with Crippen molar-refractivity contribution in [3.05, 3.63) is 30.0 Å². The number of rotatable bonds is 1. The number of benzene rings is 1. The van der Waals surface area contributed by atoms with Crippen LogP contribution in [0, 0.1) is 0 Å². The molecule has 3 rings (SSSR count). The van der Waals surface area contributed by atoms with Gasteiger partial charge in [0.25, 0.3) is 0 Å². The zero-order valence-corrected chi connectivity index (χ0v) is 13.0. The van der Waals surface area contributed by atoms with Crippen molar-refractivity contribution in [3.8, 4) is 0 Å². The molecular weight excluding hydrogens is 266 g/mol. The van der Waals surface area contributed by atoms with Crippen LogP contribution in [-0.2, 0) is 11.8 Å². The Balaban J connectivity index is 1.67. The molecule has 1 fully saturated rings. The predicted molar refractivity (Wildman–Crippen MR) is 81.3 cm³/mol. The number of carbonyl (C=O) groups is 1. The van der Waals surface area contributed by atoms with Gasteiger partial charge in [-0.25, -0.2) is 4.79 Å². The van der Waals surface area contributed by atoms with Crippen molar-refractivity contribution in [3.63, 3.8) is 0 Å². The first-order chi connectivity index (χ1) is 9.83. The van der Waals surface area contributed by atoms with Crippen molar-refractivity contribution in [2.45, 2.75) is 32.3 Å². The van der Waals surface area contributed by atoms with E-state index < -0.39 is 5.60 Å². The van der Waals surface area contributed by atoms with Gasteiger partial charge in [0.2, 0.25) is 0 Å². The second-order valence-electron chi connectivity index (χ2n) is 6.67. The van der Waals surface area contributed by atoms with Crippen molar-refractivity contribution in [1.29, 1.82) is 0 Å². The van der Waals surface area contributed by atoms with E-state index in [9.17, 15) is 4.79 Å². The summed E-state index contributed by atoms with van der Waals surface area (Å²) in [6, 6.07) is 6.38. The molecular formula is C16H21N3O2. The quantitative estimate of drug-likeness (QED) is 0.810. The van der Waals surface area contributed by atoms with E-state index in [1.165, 1.54) is 5.56 Å². The molecule has 0 saturated carbocycles. The minimum Gasteiger partial charge on any atom is -0.444 e. The second kappa shape index (κ2) is 4.76. The first-order valence-electron chi connectivity index (χ1n) is 7.23. The van der Waals surface area contributed by atoms with Gasteiger partial charge in [-0.3, -0.25) is 4.68 Å². The van der Waals surface area contributed by atoms with Crippen molar-refractivity contribution in [2.75, 3.05) is 13.1 Å². The van der Waals surface area contributed by atoms with Crippen LogP contribution < -0.4 is 0 Å². The lowest BCUT2D eigenvalue weighted by Crippen LogP contribution is -2.50. The standard InChI is InChI=1S/C16H21N3O2/c1-16(2,3)21-15(20)19-9-13(10-19)11-5-6-12-8-17-18(4)14(12)7-11/h5-8,13H,9-10H2,1-4H3. The molecule has 1 amide bonds. The Labute approximate surface area is 124 Å². The van der Waals surface area contributed by atoms with Gasteiger partial charge in [0.1, 0.15) is 5.60 Å². The maximum Gasteiger partial charge on any atom is 0.410 e. The molecule has 1 aliphatic rings. The Morgan fingerprint density at radius 3 is 2.71 bits per heavy atom. The Morgan fingerprint density at radius 2 is 2.05 bits per heavy atom. The molecule has 0 N–H and O–H groups in total. The summed E-state index contributed by atoms with van der Waals surface area (Å²) < 4.78 is 7.25. The van der Waals surface area contributed by atoms with E-state index in [2.05, 4.69) is 23.3 Å². The Kier molecular flexibility index (Phi) is 3.15. The molecule has 5 heteroatoms. The molecule has 1 aliphatic heterocycles. The van der Waals surface area contributed by atoms with Crippen LogP contribution in [0.15, 0.2) is 24.4 Å². The van der Waals surface area contributed by atoms with Crippen LogP contribution in [0.4, 0.5) is 4.79 Å². The lowest BCUT2D eigenvalue weighted by molar-refractivity contribution is 0.00820. The fourth-order valence-electron chi connectivity index (χ4n) is 2.58. The van der Waals surface area contributed by atoms with Crippen LogP contribution in [-0.4, -0.2) is 39.5 Å². The van der Waals surface area contributed by atoms with Crippen LogP contribution in [0.3, 0.4) is 0 Å². The summed E-state index contributed by atoms with van der Waals surface area (Å²) >= 11 is 0. The van der Waals surface area contributed by atoms with Crippen LogP contribution in [0.2, 0.25) is 0 Å². The third kappa shape index (κ3) is 2.73. The van der Waals surface area contributed by atoms with E-state index in [1.54, 1.807) is 4.90 Å². The zero-order chi connectivity index (χ0) is 15.2. The predicted octanol–water partition coefficient (Wildman–Crippen LogP) is 2.91. The molecule has 0 bridgehead atoms. The summed E-state index contributed by atoms with van der Waals surface area (Å²) in [7, 11) is 1.94. The van der Waals surface area contributed by atoms with Crippen molar-refractivity contribution < 1.29 is 9.53 Å². The normalized spacial score (nSPS) is 16.1. The van der Waals surface area contributed by atoms with E-state index in [-0.39, 0.29) is 6.09 Å². The molecule has 2 heterocycles. The third-order valence-electron chi connectivity index (χ3n) is 3.78. The van der Waals surface area contributed by atoms with E-state index in [1.807, 2.05) is 38.7 Å². The average molecular weight is 287 g/mol. The highest BCUT2D eigenvalue weighted by Gasteiger charge is 2.34. The summed E-state index contributed by atoms with van der Waals surface area (Å²) in [5.41, 5.74) is 1.95. The van der Waals surface area contributed by atoms with E-state index >= 15 is 0 Å². The first kappa shape index (κ1) is 13.9. The highest BCUT2D eigenvalue weighted by atomic mass is 16.6. The SMILES string of the molecule is Cn1ncc2ccc(C3CN(C(=O)OC(C)(C)C)C3)cc21. The molecule has 0 spiro atoms. The molecule has 0 atom stereocenters. The summed E-state index contributed by atoms with van der Waals surface area (Å²) in [5.74, 6) is 0.386. The number of aromatic nitrogens is 2. The summed E-state index contributed by atoms with van der Waals surface area (Å²) in [6.07, 6.45) is 1.65. The van der Waals surface area contributed by atoms with E-state index in [0.717, 1.165) is 24.0 Å². The maximum absolute atomic E-state index is 11.9. The average Bonchev–Trinajstić information content (AvgIpc) is 2.67. The van der Waals surface area contributed by atoms with Gasteiger partial charge >= 0.3 is 6.09 Å². The number of likely N-dealkylation sites (tertiary alicyclic amines) is 1. The fourth-order valence-corrected chi connectivity index (χ4v) is 2.58. The van der Waals surface area contributed by atoms with Crippen molar-refractivity contribution in [2.24, 2.45) is 7.05 Å². The molecule has 5 nitrogen and oxygen atoms in total. The topological polar surface area (TPSA) is 47.4 Å². The minimum atomic E-state index is -0.435. The number of amides is 1. The monoisotopic (exact) mass is 287 g/mol. The fraction of sp³-hybridized carbons (Fsp3) is 0.500. The molecule has 1 aromatic carbocycles. The third-order valence-corrected chi connectivity index (χ3v) is 3.78. The molecule has 0 aliphatic carbocycles. The number of hydrogen-bond acceptors (Lipinski definition) is 3. The molecule has 112 valence electrons. The van der Waals surface area contributed by atoms with Gasteiger partial charge in [-0.1, -0.05) is 12.1 Å². The van der Waals surface area contributed by atoms with Crippen molar-refractivity contribution in [1.82, 2.24) is 14.7 Å². The van der Waals surface area contributed by atoms with E-state index in [0.29, 0.717) is 5.92 Å². The van der Waals surface area contributed by atoms with Gasteiger partial charge in [-0.2, -0.15) is 5.10 Å². The molecule has 1 saturated heterocycles. The van der Waals surface area contributed by atoms with Crippen molar-refractivity contribution >= 4 is 17.0 Å². The molecule has 1 aromatic heterocycles. The number of nitrogens with zero attached hydrogens (tertiary/aromatic N) is 3. The highest BCUT2D eigenvalue weighted by molar-refractivity contribution is 5.79. The van der Waals surface area contributed by atoms with Gasteiger partial charge < -0.3 is 9.64 Å². The highest BCUT2D eigenvalue weighted by Crippen LogP contribution is 2.30. The van der Waals surface area contributed by atoms with Crippen LogP contribution in [0.25, 0.3) is 10.9 Å². The second-order valence-corrected chi connectivity index (χ2v) is 6.67. The van der Waals surface area contributed by atoms with Crippen LogP contribution in [0.1, 0.15) is 32.3 Å². The number of ether oxygens (including phenoxy) is 1. The number of fused-ring (bicyclic) bond motifs is 1. The summed E-state index contributed by atoms with van der Waals surface area (Å²) in [5, 5.41) is 5.40. The first-order valence-corrected chi connectivity index (χ1v) is 7.23. The largest absolute Gasteiger partial charge is 0.444 e. The molecule has 2 aromatic rings. The molecule has 0 radical (unpaired) electrons. The van der Waals surface area contributed by atoms with E-state index in [4.69, 9.17) is 4.74 Å². The molecule has 21 heavy (non-hydrogen) atoms. The minimum absolute atomic E-state index is 0.222. The Morgan fingerprint density at radius 1 is 1.33 bits per heavy atom. The van der Waals surface area contributed by atoms with Gasteiger partial charge in [0.15, 0.2) is 0 Å². The number of hydrogen-bond donors (Lipinski definition) is 0. The Bertz CT molecular complexity index is 678. The number of carbonyl (C=O) groups excluding carboxylic acids is 1. The van der Waals surface area contributed by atoms with Gasteiger partial charge in [0, 0.05) is 31.4 Å². The summed E-state index contributed by atoms with van der Waals surface area (Å²) in [6.45, 7) is 7.10. The van der Waals surface area contributed by atoms with Gasteiger partial charge in [0.05, 0.1) is 11.7 Å². The zero-order valence-electron chi connectivity index (χ0n) is 13.0. The van der Waals surface area contributed by atoms with Crippen LogP contribution in [0.5, 0.6) is 0 Å². The van der Waals surface area contributed by atoms with Gasteiger partial charge in [-0.15, -0.1) is 0 Å².